The van der Waals surface area contributed by atoms with Crippen LogP contribution in [0.5, 0.6) is 11.5 Å². The fraction of sp³-hybridized carbons (Fsp3) is 0.182. The lowest BCUT2D eigenvalue weighted by Crippen LogP contribution is -2.25. The first-order valence-corrected chi connectivity index (χ1v) is 9.43. The second kappa shape index (κ2) is 7.63. The van der Waals surface area contributed by atoms with Crippen molar-refractivity contribution in [3.05, 3.63) is 71.0 Å². The quantitative estimate of drug-likeness (QED) is 0.552. The summed E-state index contributed by atoms with van der Waals surface area (Å²) in [5.41, 5.74) is -0.190. The molecule has 0 fully saturated rings. The third kappa shape index (κ3) is 3.64. The first-order chi connectivity index (χ1) is 15.1. The number of methoxy groups -OCH3 is 1. The highest BCUT2D eigenvalue weighted by Crippen LogP contribution is 2.43. The number of benzene rings is 2. The van der Waals surface area contributed by atoms with Crippen LogP contribution in [0.1, 0.15) is 39.5 Å². The standard InChI is InChI=1S/C22H17F3N2O5/c1-32-17-7-11(5-6-16(17)28)14-9-18(29)26-19-15(21(30)31)10-27(20(14)19)13-4-2-3-12(8-13)22(23,24)25/h2-8,10,14,28H,9H2,1H3,(H,26,29)(H,30,31)/t14-/m0/s1. The van der Waals surface area contributed by atoms with Crippen LogP contribution in [0.25, 0.3) is 5.69 Å². The van der Waals surface area contributed by atoms with Gasteiger partial charge < -0.3 is 24.8 Å². The van der Waals surface area contributed by atoms with E-state index in [0.717, 1.165) is 12.1 Å². The predicted molar refractivity (Wildman–Crippen MR) is 107 cm³/mol. The van der Waals surface area contributed by atoms with Crippen molar-refractivity contribution in [1.29, 1.82) is 0 Å². The number of anilines is 1. The number of hydrogen-bond donors (Lipinski definition) is 3. The maximum Gasteiger partial charge on any atom is 0.416 e. The Morgan fingerprint density at radius 1 is 1.22 bits per heavy atom. The molecule has 7 nitrogen and oxygen atoms in total. The molecule has 3 aromatic rings. The zero-order valence-corrected chi connectivity index (χ0v) is 16.6. The Morgan fingerprint density at radius 3 is 2.62 bits per heavy atom. The monoisotopic (exact) mass is 446 g/mol. The third-order valence-electron chi connectivity index (χ3n) is 5.32. The minimum Gasteiger partial charge on any atom is -0.504 e. The van der Waals surface area contributed by atoms with Crippen molar-refractivity contribution in [2.24, 2.45) is 0 Å². The molecule has 0 aliphatic carbocycles. The number of amides is 1. The van der Waals surface area contributed by atoms with Gasteiger partial charge in [0.25, 0.3) is 0 Å². The molecule has 1 aromatic heterocycles. The molecule has 1 atom stereocenters. The van der Waals surface area contributed by atoms with Crippen LogP contribution in [0.2, 0.25) is 0 Å². The third-order valence-corrected chi connectivity index (χ3v) is 5.32. The summed E-state index contributed by atoms with van der Waals surface area (Å²) in [5.74, 6) is -2.46. The molecule has 32 heavy (non-hydrogen) atoms. The number of phenolic OH excluding ortho intramolecular Hbond substituents is 1. The number of fused-ring (bicyclic) bond motifs is 1. The van der Waals surface area contributed by atoms with E-state index in [1.54, 1.807) is 6.07 Å². The molecule has 2 aromatic carbocycles. The highest BCUT2D eigenvalue weighted by atomic mass is 19.4. The van der Waals surface area contributed by atoms with Crippen LogP contribution in [-0.4, -0.2) is 33.8 Å². The van der Waals surface area contributed by atoms with Crippen molar-refractivity contribution >= 4 is 17.6 Å². The van der Waals surface area contributed by atoms with Gasteiger partial charge in [-0.25, -0.2) is 4.79 Å². The van der Waals surface area contributed by atoms with Crippen LogP contribution in [0.3, 0.4) is 0 Å². The van der Waals surface area contributed by atoms with E-state index in [1.165, 1.54) is 42.1 Å². The topological polar surface area (TPSA) is 101 Å². The number of halogens is 3. The first-order valence-electron chi connectivity index (χ1n) is 9.43. The fourth-order valence-electron chi connectivity index (χ4n) is 3.86. The summed E-state index contributed by atoms with van der Waals surface area (Å²) in [6.45, 7) is 0. The molecule has 0 saturated carbocycles. The molecule has 0 radical (unpaired) electrons. The first kappa shape index (κ1) is 21.3. The Kier molecular flexibility index (Phi) is 5.08. The number of carbonyl (C=O) groups is 2. The van der Waals surface area contributed by atoms with E-state index in [0.29, 0.717) is 11.3 Å². The summed E-state index contributed by atoms with van der Waals surface area (Å²) in [6, 6.07) is 8.91. The molecule has 0 bridgehead atoms. The van der Waals surface area contributed by atoms with E-state index in [4.69, 9.17) is 4.74 Å². The molecule has 0 unspecified atom stereocenters. The summed E-state index contributed by atoms with van der Waals surface area (Å²) in [5, 5.41) is 22.1. The molecular formula is C22H17F3N2O5. The van der Waals surface area contributed by atoms with Gasteiger partial charge in [-0.3, -0.25) is 4.79 Å². The summed E-state index contributed by atoms with van der Waals surface area (Å²) in [7, 11) is 1.35. The number of carbonyl (C=O) groups excluding carboxylic acids is 1. The molecule has 0 saturated heterocycles. The maximum absolute atomic E-state index is 13.3. The number of nitrogens with one attached hydrogen (secondary N) is 1. The van der Waals surface area contributed by atoms with Gasteiger partial charge in [0.15, 0.2) is 11.5 Å². The fourth-order valence-corrected chi connectivity index (χ4v) is 3.86. The summed E-state index contributed by atoms with van der Waals surface area (Å²) < 4.78 is 46.3. The van der Waals surface area contributed by atoms with E-state index < -0.39 is 29.5 Å². The normalized spacial score (nSPS) is 15.8. The van der Waals surface area contributed by atoms with Crippen molar-refractivity contribution in [3.63, 3.8) is 0 Å². The zero-order valence-electron chi connectivity index (χ0n) is 16.6. The Balaban J connectivity index is 1.96. The van der Waals surface area contributed by atoms with Gasteiger partial charge in [0.05, 0.1) is 24.1 Å². The molecular weight excluding hydrogens is 429 g/mol. The van der Waals surface area contributed by atoms with E-state index in [1.807, 2.05) is 0 Å². The lowest BCUT2D eigenvalue weighted by molar-refractivity contribution is -0.137. The highest BCUT2D eigenvalue weighted by molar-refractivity contribution is 6.04. The predicted octanol–water partition coefficient (Wildman–Crippen LogP) is 4.38. The van der Waals surface area contributed by atoms with Gasteiger partial charge in [-0.1, -0.05) is 12.1 Å². The highest BCUT2D eigenvalue weighted by Gasteiger charge is 2.36. The number of aromatic nitrogens is 1. The summed E-state index contributed by atoms with van der Waals surface area (Å²) in [4.78, 5) is 24.2. The van der Waals surface area contributed by atoms with Crippen molar-refractivity contribution in [2.75, 3.05) is 12.4 Å². The Morgan fingerprint density at radius 2 is 1.97 bits per heavy atom. The number of phenols is 1. The Bertz CT molecular complexity index is 1230. The van der Waals surface area contributed by atoms with Crippen molar-refractivity contribution in [1.82, 2.24) is 4.57 Å². The van der Waals surface area contributed by atoms with Crippen molar-refractivity contribution in [2.45, 2.75) is 18.5 Å². The van der Waals surface area contributed by atoms with Crippen molar-refractivity contribution < 1.29 is 37.7 Å². The Labute approximate surface area is 179 Å². The minimum absolute atomic E-state index is 0.0169. The zero-order chi connectivity index (χ0) is 23.2. The van der Waals surface area contributed by atoms with Gasteiger partial charge in [-0.2, -0.15) is 13.2 Å². The van der Waals surface area contributed by atoms with Crippen LogP contribution in [0, 0.1) is 0 Å². The summed E-state index contributed by atoms with van der Waals surface area (Å²) in [6.07, 6.45) is -3.47. The van der Waals surface area contributed by atoms with Gasteiger partial charge in [0.2, 0.25) is 5.91 Å². The lowest BCUT2D eigenvalue weighted by atomic mass is 9.88. The number of carboxylic acids is 1. The molecule has 1 aliphatic heterocycles. The number of nitrogens with zero attached hydrogens (tertiary/aromatic N) is 1. The van der Waals surface area contributed by atoms with Gasteiger partial charge in [0, 0.05) is 24.2 Å². The number of aromatic hydroxyl groups is 1. The van der Waals surface area contributed by atoms with Crippen molar-refractivity contribution in [3.8, 4) is 17.2 Å². The van der Waals surface area contributed by atoms with E-state index in [9.17, 15) is 33.0 Å². The average Bonchev–Trinajstić information content (AvgIpc) is 3.12. The largest absolute Gasteiger partial charge is 0.504 e. The van der Waals surface area contributed by atoms with Gasteiger partial charge in [0.1, 0.15) is 5.56 Å². The van der Waals surface area contributed by atoms with Gasteiger partial charge in [-0.15, -0.1) is 0 Å². The molecule has 2 heterocycles. The molecule has 1 aliphatic rings. The van der Waals surface area contributed by atoms with Crippen LogP contribution < -0.4 is 10.1 Å². The van der Waals surface area contributed by atoms with E-state index >= 15 is 0 Å². The Hall–Kier alpha value is -3.95. The summed E-state index contributed by atoms with van der Waals surface area (Å²) >= 11 is 0. The van der Waals surface area contributed by atoms with Gasteiger partial charge in [-0.05, 0) is 35.9 Å². The SMILES string of the molecule is COc1cc([C@@H]2CC(=O)Nc3c(C(=O)O)cn(-c4cccc(C(F)(F)F)c4)c32)ccc1O. The van der Waals surface area contributed by atoms with E-state index in [-0.39, 0.29) is 34.9 Å². The second-order valence-electron chi connectivity index (χ2n) is 7.26. The second-order valence-corrected chi connectivity index (χ2v) is 7.26. The van der Waals surface area contributed by atoms with E-state index in [2.05, 4.69) is 5.32 Å². The van der Waals surface area contributed by atoms with Crippen LogP contribution in [0.15, 0.2) is 48.7 Å². The molecule has 0 spiro atoms. The molecule has 166 valence electrons. The lowest BCUT2D eigenvalue weighted by Gasteiger charge is -2.26. The number of hydrogen-bond acceptors (Lipinski definition) is 4. The molecule has 4 rings (SSSR count). The number of ether oxygens (including phenoxy) is 1. The number of alkyl halides is 3. The number of aromatic carboxylic acids is 1. The minimum atomic E-state index is -4.59. The molecule has 3 N–H and O–H groups in total. The molecule has 10 heteroatoms. The van der Waals surface area contributed by atoms with Gasteiger partial charge >= 0.3 is 12.1 Å². The number of rotatable bonds is 4. The number of carboxylic acid groups (broad SMARTS) is 1. The average molecular weight is 446 g/mol. The maximum atomic E-state index is 13.3. The van der Waals surface area contributed by atoms with Crippen LogP contribution in [-0.2, 0) is 11.0 Å². The van der Waals surface area contributed by atoms with Crippen LogP contribution in [0.4, 0.5) is 18.9 Å². The van der Waals surface area contributed by atoms with Crippen LogP contribution >= 0.6 is 0 Å². The molecule has 1 amide bonds. The smallest absolute Gasteiger partial charge is 0.416 e.